The number of rotatable bonds is 9. The van der Waals surface area contributed by atoms with Gasteiger partial charge in [0.05, 0.1) is 34.4 Å². The predicted molar refractivity (Wildman–Crippen MR) is 118 cm³/mol. The maximum Gasteiger partial charge on any atom is 0.265 e. The second-order valence-corrected chi connectivity index (χ2v) is 8.83. The third-order valence-electron chi connectivity index (χ3n) is 4.04. The Morgan fingerprint density at radius 3 is 2.19 bits per heavy atom. The van der Waals surface area contributed by atoms with Gasteiger partial charge in [0.1, 0.15) is 17.3 Å². The van der Waals surface area contributed by atoms with E-state index in [0.717, 1.165) is 24.3 Å². The van der Waals surface area contributed by atoms with E-state index in [-0.39, 0.29) is 34.6 Å². The van der Waals surface area contributed by atoms with Gasteiger partial charge in [0.15, 0.2) is 0 Å². The van der Waals surface area contributed by atoms with Gasteiger partial charge < -0.3 is 14.8 Å². The van der Waals surface area contributed by atoms with Gasteiger partial charge in [-0.2, -0.15) is 0 Å². The van der Waals surface area contributed by atoms with E-state index in [9.17, 15) is 17.6 Å². The molecule has 3 rings (SSSR count). The largest absolute Gasteiger partial charge is 0.492 e. The van der Waals surface area contributed by atoms with Crippen LogP contribution in [0.15, 0.2) is 58.8 Å². The molecule has 0 aliphatic rings. The fourth-order valence-electron chi connectivity index (χ4n) is 2.70. The molecule has 1 amide bonds. The van der Waals surface area contributed by atoms with Gasteiger partial charge in [0.2, 0.25) is 0 Å². The summed E-state index contributed by atoms with van der Waals surface area (Å²) in [5.41, 5.74) is 0.470. The molecule has 0 radical (unpaired) electrons. The van der Waals surface area contributed by atoms with Crippen molar-refractivity contribution in [2.75, 3.05) is 23.3 Å². The number of amides is 1. The summed E-state index contributed by atoms with van der Waals surface area (Å²) in [6.07, 6.45) is 0. The summed E-state index contributed by atoms with van der Waals surface area (Å²) in [6.45, 7) is 4.07. The fourth-order valence-corrected chi connectivity index (χ4v) is 4.38. The van der Waals surface area contributed by atoms with Gasteiger partial charge in [-0.15, -0.1) is 11.3 Å². The summed E-state index contributed by atoms with van der Waals surface area (Å²) in [4.78, 5) is 12.9. The van der Waals surface area contributed by atoms with Crippen LogP contribution in [0.1, 0.15) is 23.5 Å². The monoisotopic (exact) mass is 464 g/mol. The van der Waals surface area contributed by atoms with Crippen molar-refractivity contribution in [3.05, 3.63) is 64.6 Å². The molecule has 0 bridgehead atoms. The van der Waals surface area contributed by atoms with Crippen molar-refractivity contribution in [1.82, 2.24) is 0 Å². The minimum Gasteiger partial charge on any atom is -0.492 e. The molecule has 0 saturated heterocycles. The van der Waals surface area contributed by atoms with Crippen molar-refractivity contribution in [1.29, 1.82) is 0 Å². The molecule has 0 spiro atoms. The first-order valence-corrected chi connectivity index (χ1v) is 11.8. The van der Waals surface area contributed by atoms with Crippen LogP contribution >= 0.6 is 11.3 Å². The molecular formula is C21H21FN2O5S2. The number of hydrogen-bond donors (Lipinski definition) is 2. The van der Waals surface area contributed by atoms with E-state index in [0.29, 0.717) is 17.2 Å². The Hall–Kier alpha value is -3.11. The van der Waals surface area contributed by atoms with Crippen LogP contribution < -0.4 is 19.5 Å². The quantitative estimate of drug-likeness (QED) is 0.477. The molecule has 31 heavy (non-hydrogen) atoms. The second-order valence-electron chi connectivity index (χ2n) is 6.20. The number of thiophene rings is 1. The highest BCUT2D eigenvalue weighted by Gasteiger charge is 2.21. The number of hydrogen-bond acceptors (Lipinski definition) is 6. The highest BCUT2D eigenvalue weighted by Crippen LogP contribution is 2.38. The van der Waals surface area contributed by atoms with Crippen molar-refractivity contribution >= 4 is 38.6 Å². The summed E-state index contributed by atoms with van der Waals surface area (Å²) in [7, 11) is -4.01. The highest BCUT2D eigenvalue weighted by atomic mass is 32.2. The van der Waals surface area contributed by atoms with Gasteiger partial charge in [0, 0.05) is 12.1 Å². The molecule has 0 aliphatic heterocycles. The summed E-state index contributed by atoms with van der Waals surface area (Å²) in [5, 5.41) is 4.56. The number of anilines is 2. The van der Waals surface area contributed by atoms with Crippen molar-refractivity contribution in [3.8, 4) is 11.5 Å². The molecule has 0 saturated carbocycles. The average molecular weight is 465 g/mol. The fraction of sp³-hybridized carbons (Fsp3) is 0.190. The smallest absolute Gasteiger partial charge is 0.265 e. The molecule has 2 N–H and O–H groups in total. The van der Waals surface area contributed by atoms with Crippen molar-refractivity contribution in [2.45, 2.75) is 18.7 Å². The Balaban J connectivity index is 1.98. The topological polar surface area (TPSA) is 93.7 Å². The first kappa shape index (κ1) is 22.6. The van der Waals surface area contributed by atoms with Crippen LogP contribution in [-0.2, 0) is 10.0 Å². The summed E-state index contributed by atoms with van der Waals surface area (Å²) >= 11 is 1.29. The van der Waals surface area contributed by atoms with Crippen molar-refractivity contribution in [3.63, 3.8) is 0 Å². The van der Waals surface area contributed by atoms with Crippen LogP contribution in [0.4, 0.5) is 15.8 Å². The van der Waals surface area contributed by atoms with Gasteiger partial charge in [-0.1, -0.05) is 6.07 Å². The van der Waals surface area contributed by atoms with Crippen LogP contribution in [0.2, 0.25) is 0 Å². The van der Waals surface area contributed by atoms with Gasteiger partial charge in [0.25, 0.3) is 15.9 Å². The normalized spacial score (nSPS) is 11.1. The molecule has 10 heteroatoms. The van der Waals surface area contributed by atoms with Crippen molar-refractivity contribution in [2.24, 2.45) is 0 Å². The van der Waals surface area contributed by atoms with Crippen molar-refractivity contribution < 1.29 is 27.1 Å². The SMILES string of the molecule is CCOc1cc(NS(=O)(=O)c2ccc(F)cc2)c(OCC)cc1NC(=O)c1cccs1. The molecule has 0 atom stereocenters. The number of benzene rings is 2. The molecule has 3 aromatic rings. The molecule has 1 aromatic heterocycles. The van der Waals surface area contributed by atoms with E-state index in [2.05, 4.69) is 10.0 Å². The minimum atomic E-state index is -4.01. The zero-order valence-electron chi connectivity index (χ0n) is 16.8. The lowest BCUT2D eigenvalue weighted by molar-refractivity contribution is 0.103. The number of carbonyl (C=O) groups excluding carboxylic acids is 1. The predicted octanol–water partition coefficient (Wildman–Crippen LogP) is 4.74. The standard InChI is InChI=1S/C21H21FN2O5S2/c1-3-28-18-13-17(24-31(26,27)15-9-7-14(22)8-10-15)19(29-4-2)12-16(18)23-21(25)20-6-5-11-30-20/h5-13,24H,3-4H2,1-2H3,(H,23,25). The second kappa shape index (κ2) is 9.80. The van der Waals surface area contributed by atoms with Gasteiger partial charge in [-0.05, 0) is 49.6 Å². The Bertz CT molecular complexity index is 1150. The molecule has 0 unspecified atom stereocenters. The van der Waals surface area contributed by atoms with E-state index < -0.39 is 15.8 Å². The zero-order valence-corrected chi connectivity index (χ0v) is 18.5. The molecular weight excluding hydrogens is 443 g/mol. The van der Waals surface area contributed by atoms with Gasteiger partial charge in [-0.3, -0.25) is 9.52 Å². The number of nitrogens with one attached hydrogen (secondary N) is 2. The van der Waals surface area contributed by atoms with Crippen LogP contribution in [0.3, 0.4) is 0 Å². The lowest BCUT2D eigenvalue weighted by Gasteiger charge is -2.18. The van der Waals surface area contributed by atoms with Gasteiger partial charge >= 0.3 is 0 Å². The first-order valence-electron chi connectivity index (χ1n) is 9.41. The molecule has 0 aliphatic carbocycles. The van der Waals surface area contributed by atoms with Gasteiger partial charge in [-0.25, -0.2) is 12.8 Å². The summed E-state index contributed by atoms with van der Waals surface area (Å²) < 4.78 is 52.3. The van der Waals surface area contributed by atoms with Crippen LogP contribution in [0.5, 0.6) is 11.5 Å². The molecule has 0 fully saturated rings. The zero-order chi connectivity index (χ0) is 22.4. The lowest BCUT2D eigenvalue weighted by Crippen LogP contribution is -2.16. The lowest BCUT2D eigenvalue weighted by atomic mass is 10.2. The van der Waals surface area contributed by atoms with Crippen LogP contribution in [0, 0.1) is 5.82 Å². The molecule has 164 valence electrons. The summed E-state index contributed by atoms with van der Waals surface area (Å²) in [5.74, 6) is -0.387. The number of ether oxygens (including phenoxy) is 2. The Labute approximate surface area is 183 Å². The summed E-state index contributed by atoms with van der Waals surface area (Å²) in [6, 6.07) is 10.9. The van der Waals surface area contributed by atoms with E-state index in [1.165, 1.54) is 23.5 Å². The molecule has 1 heterocycles. The Kier molecular flexibility index (Phi) is 7.13. The number of sulfonamides is 1. The maximum atomic E-state index is 13.2. The Morgan fingerprint density at radius 1 is 1.00 bits per heavy atom. The number of halogens is 1. The first-order chi connectivity index (χ1) is 14.8. The van der Waals surface area contributed by atoms with E-state index in [4.69, 9.17) is 9.47 Å². The van der Waals surface area contributed by atoms with E-state index in [1.54, 1.807) is 31.4 Å². The number of carbonyl (C=O) groups is 1. The average Bonchev–Trinajstić information content (AvgIpc) is 3.26. The van der Waals surface area contributed by atoms with Crippen LogP contribution in [0.25, 0.3) is 0 Å². The maximum absolute atomic E-state index is 13.2. The molecule has 2 aromatic carbocycles. The highest BCUT2D eigenvalue weighted by molar-refractivity contribution is 7.92. The molecule has 7 nitrogen and oxygen atoms in total. The van der Waals surface area contributed by atoms with E-state index in [1.807, 2.05) is 0 Å². The third kappa shape index (κ3) is 5.53. The Morgan fingerprint density at radius 2 is 1.61 bits per heavy atom. The minimum absolute atomic E-state index is 0.107. The van der Waals surface area contributed by atoms with Crippen LogP contribution in [-0.4, -0.2) is 27.5 Å². The third-order valence-corrected chi connectivity index (χ3v) is 6.29. The van der Waals surface area contributed by atoms with E-state index >= 15 is 0 Å².